The van der Waals surface area contributed by atoms with Crippen molar-refractivity contribution in [1.82, 2.24) is 5.32 Å². The van der Waals surface area contributed by atoms with Crippen LogP contribution in [0.25, 0.3) is 6.08 Å². The van der Waals surface area contributed by atoms with E-state index in [4.69, 9.17) is 9.47 Å². The van der Waals surface area contributed by atoms with Crippen LogP contribution in [0.1, 0.15) is 5.56 Å². The lowest BCUT2D eigenvalue weighted by molar-refractivity contribution is -0.115. The molecule has 2 aromatic rings. The van der Waals surface area contributed by atoms with Crippen molar-refractivity contribution in [2.45, 2.75) is 0 Å². The van der Waals surface area contributed by atoms with Gasteiger partial charge in [-0.15, -0.1) is 0 Å². The maximum atomic E-state index is 12.9. The second kappa shape index (κ2) is 7.40. The van der Waals surface area contributed by atoms with Gasteiger partial charge in [0.1, 0.15) is 17.3 Å². The Hall–Kier alpha value is -2.80. The summed E-state index contributed by atoms with van der Waals surface area (Å²) in [5.74, 6) is 0.688. The van der Waals surface area contributed by atoms with Crippen LogP contribution < -0.4 is 14.8 Å². The monoisotopic (exact) mass is 358 g/mol. The summed E-state index contributed by atoms with van der Waals surface area (Å²) in [5.41, 5.74) is 1.32. The molecule has 5 nitrogen and oxygen atoms in total. The number of benzene rings is 2. The fourth-order valence-electron chi connectivity index (χ4n) is 2.19. The number of halogens is 1. The lowest BCUT2D eigenvalue weighted by atomic mass is 10.1. The molecule has 1 aliphatic heterocycles. The van der Waals surface area contributed by atoms with E-state index in [0.717, 1.165) is 5.56 Å². The Balaban J connectivity index is 1.85. The summed E-state index contributed by atoms with van der Waals surface area (Å²) in [4.78, 5) is 16.9. The zero-order chi connectivity index (χ0) is 17.8. The van der Waals surface area contributed by atoms with Gasteiger partial charge in [0.05, 0.1) is 24.8 Å². The molecular weight excluding hydrogens is 343 g/mol. The molecule has 1 aliphatic rings. The van der Waals surface area contributed by atoms with Crippen LogP contribution in [0, 0.1) is 5.82 Å². The average Bonchev–Trinajstić information content (AvgIpc) is 2.96. The first-order valence-electron chi connectivity index (χ1n) is 7.36. The van der Waals surface area contributed by atoms with E-state index in [0.29, 0.717) is 27.3 Å². The third kappa shape index (κ3) is 4.00. The number of methoxy groups -OCH3 is 2. The first-order chi connectivity index (χ1) is 12.1. The molecule has 0 atom stereocenters. The molecule has 1 fully saturated rings. The van der Waals surface area contributed by atoms with Gasteiger partial charge in [0, 0.05) is 11.6 Å². The number of hydrogen-bond acceptors (Lipinski definition) is 5. The zero-order valence-corrected chi connectivity index (χ0v) is 14.4. The number of hydrogen-bond donors (Lipinski definition) is 1. The molecule has 2 aromatic carbocycles. The predicted molar refractivity (Wildman–Crippen MR) is 96.8 cm³/mol. The van der Waals surface area contributed by atoms with Crippen molar-refractivity contribution in [2.24, 2.45) is 4.99 Å². The van der Waals surface area contributed by atoms with Crippen LogP contribution in [0.5, 0.6) is 11.5 Å². The number of aliphatic imine (C=N–C) groups is 1. The fourth-order valence-corrected chi connectivity index (χ4v) is 3.03. The summed E-state index contributed by atoms with van der Waals surface area (Å²) in [7, 11) is 3.13. The number of amides is 1. The number of ether oxygens (including phenoxy) is 2. The Bertz CT molecular complexity index is 863. The molecule has 0 radical (unpaired) electrons. The Morgan fingerprint density at radius 3 is 2.56 bits per heavy atom. The molecule has 0 saturated carbocycles. The molecule has 0 aliphatic carbocycles. The maximum Gasteiger partial charge on any atom is 0.264 e. The van der Waals surface area contributed by atoms with Crippen LogP contribution in [0.2, 0.25) is 0 Å². The standard InChI is InChI=1S/C18H15FN2O3S/c1-23-14-8-3-11(15(10-14)24-2)9-16-17(22)21-18(25-16)20-13-6-4-12(19)5-7-13/h3-10H,1-2H3,(H,20,21,22)/b16-9+. The minimum Gasteiger partial charge on any atom is -0.497 e. The molecule has 0 bridgehead atoms. The van der Waals surface area contributed by atoms with Gasteiger partial charge in [-0.05, 0) is 54.2 Å². The first-order valence-corrected chi connectivity index (χ1v) is 8.18. The molecule has 3 rings (SSSR count). The highest BCUT2D eigenvalue weighted by atomic mass is 32.2. The zero-order valence-electron chi connectivity index (χ0n) is 13.6. The SMILES string of the molecule is COc1ccc(/C=C2/SC(=Nc3ccc(F)cc3)NC2=O)c(OC)c1. The summed E-state index contributed by atoms with van der Waals surface area (Å²) in [5, 5.41) is 3.13. The van der Waals surface area contributed by atoms with E-state index in [9.17, 15) is 9.18 Å². The lowest BCUT2D eigenvalue weighted by Crippen LogP contribution is -2.19. The largest absolute Gasteiger partial charge is 0.497 e. The normalized spacial score (nSPS) is 17.0. The second-order valence-corrected chi connectivity index (χ2v) is 6.10. The van der Waals surface area contributed by atoms with E-state index in [2.05, 4.69) is 10.3 Å². The number of nitrogens with zero attached hydrogens (tertiary/aromatic N) is 1. The second-order valence-electron chi connectivity index (χ2n) is 5.07. The van der Waals surface area contributed by atoms with Gasteiger partial charge in [0.25, 0.3) is 5.91 Å². The Labute approximate surface area is 148 Å². The van der Waals surface area contributed by atoms with Gasteiger partial charge in [-0.2, -0.15) is 0 Å². The van der Waals surface area contributed by atoms with Crippen molar-refractivity contribution in [3.63, 3.8) is 0 Å². The molecule has 1 heterocycles. The molecule has 0 unspecified atom stereocenters. The molecular formula is C18H15FN2O3S. The number of carbonyl (C=O) groups is 1. The van der Waals surface area contributed by atoms with Crippen molar-refractivity contribution in [1.29, 1.82) is 0 Å². The van der Waals surface area contributed by atoms with Crippen molar-refractivity contribution in [3.05, 3.63) is 58.8 Å². The van der Waals surface area contributed by atoms with Crippen molar-refractivity contribution >= 4 is 34.6 Å². The summed E-state index contributed by atoms with van der Waals surface area (Å²) >= 11 is 1.21. The van der Waals surface area contributed by atoms with E-state index in [-0.39, 0.29) is 11.7 Å². The quantitative estimate of drug-likeness (QED) is 0.846. The van der Waals surface area contributed by atoms with Gasteiger partial charge < -0.3 is 14.8 Å². The van der Waals surface area contributed by atoms with Crippen LogP contribution in [0.15, 0.2) is 52.4 Å². The number of thioether (sulfide) groups is 1. The molecule has 128 valence electrons. The number of nitrogens with one attached hydrogen (secondary N) is 1. The van der Waals surface area contributed by atoms with Gasteiger partial charge >= 0.3 is 0 Å². The molecule has 0 aromatic heterocycles. The van der Waals surface area contributed by atoms with E-state index in [1.165, 1.54) is 23.9 Å². The summed E-state index contributed by atoms with van der Waals surface area (Å²) in [6.45, 7) is 0. The number of amidine groups is 1. The van der Waals surface area contributed by atoms with E-state index < -0.39 is 0 Å². The van der Waals surface area contributed by atoms with Gasteiger partial charge in [-0.1, -0.05) is 0 Å². The summed E-state index contributed by atoms with van der Waals surface area (Å²) in [6, 6.07) is 11.1. The van der Waals surface area contributed by atoms with E-state index in [1.54, 1.807) is 44.6 Å². The smallest absolute Gasteiger partial charge is 0.264 e. The van der Waals surface area contributed by atoms with E-state index in [1.807, 2.05) is 6.07 Å². The van der Waals surface area contributed by atoms with Gasteiger partial charge in [0.15, 0.2) is 5.17 Å². The number of carbonyl (C=O) groups excluding carboxylic acids is 1. The third-order valence-corrected chi connectivity index (χ3v) is 4.35. The summed E-state index contributed by atoms with van der Waals surface area (Å²) in [6.07, 6.45) is 1.73. The van der Waals surface area contributed by atoms with Crippen molar-refractivity contribution < 1.29 is 18.7 Å². The number of rotatable bonds is 4. The first kappa shape index (κ1) is 17.0. The average molecular weight is 358 g/mol. The van der Waals surface area contributed by atoms with Crippen LogP contribution in [-0.2, 0) is 4.79 Å². The Morgan fingerprint density at radius 1 is 1.12 bits per heavy atom. The van der Waals surface area contributed by atoms with Gasteiger partial charge in [-0.3, -0.25) is 4.79 Å². The molecule has 0 spiro atoms. The van der Waals surface area contributed by atoms with Gasteiger partial charge in [0.2, 0.25) is 0 Å². The van der Waals surface area contributed by atoms with Crippen LogP contribution in [0.3, 0.4) is 0 Å². The third-order valence-electron chi connectivity index (χ3n) is 3.44. The maximum absolute atomic E-state index is 12.9. The highest BCUT2D eigenvalue weighted by molar-refractivity contribution is 8.18. The molecule has 1 N–H and O–H groups in total. The Morgan fingerprint density at radius 2 is 1.88 bits per heavy atom. The minimum atomic E-state index is -0.334. The minimum absolute atomic E-state index is 0.247. The Kier molecular flexibility index (Phi) is 5.04. The van der Waals surface area contributed by atoms with Crippen molar-refractivity contribution in [3.8, 4) is 11.5 Å². The van der Waals surface area contributed by atoms with Crippen LogP contribution in [-0.4, -0.2) is 25.3 Å². The highest BCUT2D eigenvalue weighted by Gasteiger charge is 2.24. The topological polar surface area (TPSA) is 59.9 Å². The molecule has 1 amide bonds. The van der Waals surface area contributed by atoms with E-state index >= 15 is 0 Å². The predicted octanol–water partition coefficient (Wildman–Crippen LogP) is 3.73. The fraction of sp³-hybridized carbons (Fsp3) is 0.111. The molecule has 7 heteroatoms. The molecule has 25 heavy (non-hydrogen) atoms. The molecule has 1 saturated heterocycles. The lowest BCUT2D eigenvalue weighted by Gasteiger charge is -2.07. The van der Waals surface area contributed by atoms with Crippen molar-refractivity contribution in [2.75, 3.05) is 14.2 Å². The highest BCUT2D eigenvalue weighted by Crippen LogP contribution is 2.32. The van der Waals surface area contributed by atoms with Crippen LogP contribution in [0.4, 0.5) is 10.1 Å². The van der Waals surface area contributed by atoms with Gasteiger partial charge in [-0.25, -0.2) is 9.38 Å². The van der Waals surface area contributed by atoms with Crippen LogP contribution >= 0.6 is 11.8 Å². The summed E-state index contributed by atoms with van der Waals surface area (Å²) < 4.78 is 23.4.